The van der Waals surface area contributed by atoms with Crippen LogP contribution in [-0.2, 0) is 8.99 Å². The van der Waals surface area contributed by atoms with Gasteiger partial charge in [0.15, 0.2) is 0 Å². The van der Waals surface area contributed by atoms with E-state index in [0.717, 1.165) is 6.42 Å². The van der Waals surface area contributed by atoms with E-state index in [1.165, 1.54) is 48.5 Å². The maximum Gasteiger partial charge on any atom is 0.298 e. The molecule has 8 heteroatoms. The average Bonchev–Trinajstić information content (AvgIpc) is 2.70. The minimum atomic E-state index is -3.15. The van der Waals surface area contributed by atoms with Gasteiger partial charge < -0.3 is 17.6 Å². The van der Waals surface area contributed by atoms with E-state index < -0.39 is 12.0 Å². The van der Waals surface area contributed by atoms with Crippen molar-refractivity contribution in [3.05, 3.63) is 59.7 Å². The number of aliphatic hydroxyl groups is 1. The first kappa shape index (κ1) is 22.1. The average molecular weight is 513 g/mol. The van der Waals surface area contributed by atoms with Crippen LogP contribution in [0.5, 0.6) is 11.5 Å². The fourth-order valence-electron chi connectivity index (χ4n) is 2.23. The molecular weight excluding hydrogens is 493 g/mol. The first-order valence-corrected chi connectivity index (χ1v) is 9.71. The number of ether oxygens (including phenoxy) is 2. The molecule has 148 valence electrons. The Morgan fingerprint density at radius 3 is 1.93 bits per heavy atom. The largest absolute Gasteiger partial charge is 0.494 e. The predicted molar refractivity (Wildman–Crippen MR) is 108 cm³/mol. The van der Waals surface area contributed by atoms with Crippen molar-refractivity contribution >= 4 is 34.6 Å². The zero-order valence-electron chi connectivity index (χ0n) is 14.4. The Labute approximate surface area is 176 Å². The molecule has 0 unspecified atom stereocenters. The molecule has 0 aromatic heterocycles. The molecule has 0 bridgehead atoms. The third kappa shape index (κ3) is 6.74. The molecule has 0 saturated heterocycles. The number of aliphatic hydroxyl groups excluding tert-OH is 1. The number of hydrogen-bond donors (Lipinski definition) is 1. The topological polar surface area (TPSA) is 47.9 Å². The highest BCUT2D eigenvalue weighted by Gasteiger charge is 2.33. The molecule has 2 aromatic carbocycles. The fourth-order valence-corrected chi connectivity index (χ4v) is 2.63. The van der Waals surface area contributed by atoms with Crippen LogP contribution in [0, 0.1) is 0 Å². The highest BCUT2D eigenvalue weighted by atomic mass is 127. The van der Waals surface area contributed by atoms with E-state index in [1.807, 2.05) is 23.0 Å². The summed E-state index contributed by atoms with van der Waals surface area (Å²) in [4.78, 5) is 0. The smallest absolute Gasteiger partial charge is 0.298 e. The monoisotopic (exact) mass is 512 g/mol. The molecule has 0 aliphatic rings. The van der Waals surface area contributed by atoms with Gasteiger partial charge in [0.2, 0.25) is 0 Å². The van der Waals surface area contributed by atoms with E-state index in [9.17, 15) is 13.9 Å². The summed E-state index contributed by atoms with van der Waals surface area (Å²) in [5.74, 6) is -2.19. The van der Waals surface area contributed by atoms with Crippen LogP contribution in [0.2, 0.25) is 0 Å². The van der Waals surface area contributed by atoms with Gasteiger partial charge in [0.25, 0.3) is 5.92 Å². The summed E-state index contributed by atoms with van der Waals surface area (Å²) < 4.78 is 45.1. The molecule has 0 spiro atoms. The molecule has 0 radical (unpaired) electrons. The van der Waals surface area contributed by atoms with Crippen molar-refractivity contribution < 1.29 is 26.4 Å². The minimum Gasteiger partial charge on any atom is -0.494 e. The molecule has 0 aliphatic heterocycles. The van der Waals surface area contributed by atoms with Crippen LogP contribution in [0.1, 0.15) is 17.5 Å². The van der Waals surface area contributed by atoms with Gasteiger partial charge in [-0.25, -0.2) is 0 Å². The van der Waals surface area contributed by atoms with Crippen LogP contribution < -0.4 is 9.47 Å². The lowest BCUT2D eigenvalue weighted by Crippen LogP contribution is -2.19. The van der Waals surface area contributed by atoms with Crippen LogP contribution in [-0.4, -0.2) is 36.9 Å². The molecule has 1 atom stereocenters. The maximum atomic E-state index is 14.7. The molecule has 0 aliphatic carbocycles. The standard InChI is InChI=1S/C19H20ClF2IO4/c20-12-16(24)13-26-18-8-4-15(5-9-18)19(21,22)14-2-6-17(7-3-14)25-10-1-11-27-23/h2-9,16,24H,1,10-13H2/t16-/m1/s1. The van der Waals surface area contributed by atoms with Crippen LogP contribution in [0.3, 0.4) is 0 Å². The summed E-state index contributed by atoms with van der Waals surface area (Å²) >= 11 is 7.29. The van der Waals surface area contributed by atoms with Crippen molar-refractivity contribution in [3.63, 3.8) is 0 Å². The summed E-state index contributed by atoms with van der Waals surface area (Å²) in [7, 11) is 0. The van der Waals surface area contributed by atoms with Crippen LogP contribution in [0.15, 0.2) is 48.5 Å². The van der Waals surface area contributed by atoms with Crippen LogP contribution in [0.25, 0.3) is 0 Å². The number of benzene rings is 2. The Morgan fingerprint density at radius 2 is 1.44 bits per heavy atom. The Balaban J connectivity index is 2.00. The van der Waals surface area contributed by atoms with Gasteiger partial charge in [0.1, 0.15) is 47.2 Å². The highest BCUT2D eigenvalue weighted by Crippen LogP contribution is 2.37. The fraction of sp³-hybridized carbons (Fsp3) is 0.368. The van der Waals surface area contributed by atoms with Crippen LogP contribution >= 0.6 is 34.6 Å². The number of rotatable bonds is 11. The van der Waals surface area contributed by atoms with E-state index in [0.29, 0.717) is 24.7 Å². The predicted octanol–water partition coefficient (Wildman–Crippen LogP) is 4.94. The molecule has 0 amide bonds. The summed E-state index contributed by atoms with van der Waals surface area (Å²) in [6.45, 7) is 1.03. The van der Waals surface area contributed by atoms with E-state index in [1.54, 1.807) is 0 Å². The Morgan fingerprint density at radius 1 is 0.926 bits per heavy atom. The quantitative estimate of drug-likeness (QED) is 0.263. The summed E-state index contributed by atoms with van der Waals surface area (Å²) in [5.41, 5.74) is -0.280. The first-order valence-electron chi connectivity index (χ1n) is 8.29. The van der Waals surface area contributed by atoms with Gasteiger partial charge in [0, 0.05) is 17.5 Å². The molecule has 0 saturated carbocycles. The van der Waals surface area contributed by atoms with E-state index in [4.69, 9.17) is 24.1 Å². The SMILES string of the molecule is O[C@H](CCl)COc1ccc(C(F)(F)c2ccc(OCCCOI)cc2)cc1. The second-order valence-electron chi connectivity index (χ2n) is 5.76. The minimum absolute atomic E-state index is 0.00463. The lowest BCUT2D eigenvalue weighted by molar-refractivity contribution is 0.0427. The summed E-state index contributed by atoms with van der Waals surface area (Å²) in [5, 5.41) is 9.36. The molecule has 0 heterocycles. The van der Waals surface area contributed by atoms with Crippen molar-refractivity contribution in [1.82, 2.24) is 0 Å². The lowest BCUT2D eigenvalue weighted by Gasteiger charge is -2.18. The normalized spacial score (nSPS) is 12.6. The van der Waals surface area contributed by atoms with Crippen molar-refractivity contribution in [2.45, 2.75) is 18.4 Å². The summed E-state index contributed by atoms with van der Waals surface area (Å²) in [6.07, 6.45) is -0.0837. The number of alkyl halides is 3. The van der Waals surface area contributed by atoms with E-state index in [-0.39, 0.29) is 23.6 Å². The second-order valence-corrected chi connectivity index (χ2v) is 6.69. The number of halogens is 4. The highest BCUT2D eigenvalue weighted by molar-refractivity contribution is 14.1. The second kappa shape index (κ2) is 11.0. The van der Waals surface area contributed by atoms with Gasteiger partial charge in [-0.3, -0.25) is 0 Å². The maximum absolute atomic E-state index is 14.7. The van der Waals surface area contributed by atoms with Gasteiger partial charge in [0.05, 0.1) is 19.1 Å². The zero-order chi connectivity index (χ0) is 19.7. The molecule has 1 N–H and O–H groups in total. The molecular formula is C19H20ClF2IO4. The van der Waals surface area contributed by atoms with Crippen molar-refractivity contribution in [1.29, 1.82) is 0 Å². The molecule has 4 nitrogen and oxygen atoms in total. The first-order chi connectivity index (χ1) is 13.0. The Hall–Kier alpha value is -1.16. The summed E-state index contributed by atoms with van der Waals surface area (Å²) in [6, 6.07) is 11.2. The van der Waals surface area contributed by atoms with Gasteiger partial charge in [-0.1, -0.05) is 0 Å². The van der Waals surface area contributed by atoms with Gasteiger partial charge in [-0.15, -0.1) is 11.6 Å². The van der Waals surface area contributed by atoms with Crippen molar-refractivity contribution in [2.75, 3.05) is 25.7 Å². The van der Waals surface area contributed by atoms with Gasteiger partial charge >= 0.3 is 0 Å². The van der Waals surface area contributed by atoms with Gasteiger partial charge in [-0.2, -0.15) is 8.78 Å². The van der Waals surface area contributed by atoms with Crippen molar-refractivity contribution in [2.24, 2.45) is 0 Å². The molecule has 2 rings (SSSR count). The van der Waals surface area contributed by atoms with Gasteiger partial charge in [-0.05, 0) is 48.5 Å². The van der Waals surface area contributed by atoms with E-state index in [2.05, 4.69) is 0 Å². The third-order valence-corrected chi connectivity index (χ3v) is 4.49. The molecule has 0 fully saturated rings. The van der Waals surface area contributed by atoms with Crippen molar-refractivity contribution in [3.8, 4) is 11.5 Å². The third-order valence-electron chi connectivity index (χ3n) is 3.69. The number of hydrogen-bond acceptors (Lipinski definition) is 4. The lowest BCUT2D eigenvalue weighted by atomic mass is 10.0. The van der Waals surface area contributed by atoms with Crippen LogP contribution in [0.4, 0.5) is 8.78 Å². The zero-order valence-corrected chi connectivity index (χ0v) is 17.3. The molecule has 2 aromatic rings. The Bertz CT molecular complexity index is 683. The Kier molecular flexibility index (Phi) is 9.01. The van der Waals surface area contributed by atoms with E-state index >= 15 is 0 Å². The molecule has 27 heavy (non-hydrogen) atoms.